The molecule has 0 saturated heterocycles. The third-order valence-corrected chi connectivity index (χ3v) is 9.54. The largest absolute Gasteiger partial charge is 0.505 e. The Morgan fingerprint density at radius 2 is 1.76 bits per heavy atom. The van der Waals surface area contributed by atoms with Crippen LogP contribution in [0.15, 0.2) is 24.0 Å². The van der Waals surface area contributed by atoms with Gasteiger partial charge in [0.05, 0.1) is 19.3 Å². The predicted molar refractivity (Wildman–Crippen MR) is 172 cm³/mol. The van der Waals surface area contributed by atoms with Crippen molar-refractivity contribution in [3.05, 3.63) is 29.7 Å². The molecule has 50 heavy (non-hydrogen) atoms. The number of nitrogens with one attached hydrogen (secondary N) is 4. The second-order valence-corrected chi connectivity index (χ2v) is 14.2. The highest BCUT2D eigenvalue weighted by Crippen LogP contribution is 2.53. The molecule has 3 amide bonds. The lowest BCUT2D eigenvalue weighted by molar-refractivity contribution is -0.155. The molecular formula is C28H45N8O13P. The number of unbranched alkanes of at least 4 members (excludes halogenated alkanes) is 1. The number of imidazole rings is 1. The number of carbonyl (C=O) groups excluding carboxylic acids is 5. The van der Waals surface area contributed by atoms with Crippen molar-refractivity contribution in [1.29, 1.82) is 0 Å². The summed E-state index contributed by atoms with van der Waals surface area (Å²) < 4.78 is 30.5. The topological polar surface area (TPSA) is 305 Å². The van der Waals surface area contributed by atoms with E-state index in [2.05, 4.69) is 25.9 Å². The number of carboxylic acids is 1. The number of cyclic esters (lactones) is 1. The molecule has 4 atom stereocenters. The molecule has 22 heteroatoms. The first-order chi connectivity index (χ1) is 23.5. The fourth-order valence-corrected chi connectivity index (χ4v) is 5.81. The number of nitrogens with zero attached hydrogens (tertiary/aromatic N) is 3. The van der Waals surface area contributed by atoms with Gasteiger partial charge in [-0.25, -0.2) is 28.5 Å². The smallest absolute Gasteiger partial charge is 0.395 e. The summed E-state index contributed by atoms with van der Waals surface area (Å²) in [5, 5.41) is 37.4. The van der Waals surface area contributed by atoms with Gasteiger partial charge in [0.25, 0.3) is 5.76 Å². The fourth-order valence-electron chi connectivity index (χ4n) is 4.36. The first-order valence-corrected chi connectivity index (χ1v) is 16.9. The van der Waals surface area contributed by atoms with Crippen molar-refractivity contribution in [3.8, 4) is 0 Å². The Morgan fingerprint density at radius 1 is 1.08 bits per heavy atom. The maximum absolute atomic E-state index is 13.0. The number of rotatable bonds is 22. The zero-order chi connectivity index (χ0) is 37.6. The number of aromatic amines is 1. The van der Waals surface area contributed by atoms with Crippen LogP contribution in [-0.2, 0) is 53.8 Å². The Bertz CT molecular complexity index is 1420. The van der Waals surface area contributed by atoms with E-state index in [4.69, 9.17) is 19.7 Å². The van der Waals surface area contributed by atoms with E-state index in [1.54, 1.807) is 0 Å². The molecule has 0 fully saturated rings. The number of nitrogens with two attached hydrogens (primary N) is 1. The molecule has 21 nitrogen and oxygen atoms in total. The highest BCUT2D eigenvalue weighted by Gasteiger charge is 2.45. The second kappa shape index (κ2) is 19.6. The zero-order valence-corrected chi connectivity index (χ0v) is 29.0. The van der Waals surface area contributed by atoms with E-state index in [9.17, 15) is 48.7 Å². The number of H-pyrrole nitrogens is 1. The van der Waals surface area contributed by atoms with Crippen molar-refractivity contribution >= 4 is 43.3 Å². The molecule has 2 rings (SSSR count). The summed E-state index contributed by atoms with van der Waals surface area (Å²) in [4.78, 5) is 80.6. The average Bonchev–Trinajstić information content (AvgIpc) is 3.67. The minimum absolute atomic E-state index is 0.0622. The SMILES string of the molecule is CN(C)P(=O)(OC1=C(O)C(C(O)COC(=O)CCC(=O)NCC(=O)NC(Cc2cnc[nH]2)C(=O)NC(CCCCN)C(=O)O)OC1=O)N(C)C. The monoisotopic (exact) mass is 732 g/mol. The van der Waals surface area contributed by atoms with Crippen molar-refractivity contribution in [3.63, 3.8) is 0 Å². The molecule has 1 aliphatic rings. The second-order valence-electron chi connectivity index (χ2n) is 11.4. The Labute approximate surface area is 287 Å². The number of aliphatic carboxylic acids is 1. The van der Waals surface area contributed by atoms with Gasteiger partial charge in [0.2, 0.25) is 17.7 Å². The summed E-state index contributed by atoms with van der Waals surface area (Å²) in [5.74, 6) is -7.32. The Balaban J connectivity index is 1.85. The average molecular weight is 733 g/mol. The van der Waals surface area contributed by atoms with Gasteiger partial charge in [0.15, 0.2) is 11.9 Å². The van der Waals surface area contributed by atoms with Gasteiger partial charge in [-0.2, -0.15) is 0 Å². The molecule has 0 aliphatic carbocycles. The molecule has 9 N–H and O–H groups in total. The maximum atomic E-state index is 13.0. The van der Waals surface area contributed by atoms with E-state index in [1.165, 1.54) is 50.1 Å². The van der Waals surface area contributed by atoms with Crippen molar-refractivity contribution in [2.75, 3.05) is 47.9 Å². The lowest BCUT2D eigenvalue weighted by atomic mass is 10.1. The molecule has 0 aromatic carbocycles. The van der Waals surface area contributed by atoms with Gasteiger partial charge >= 0.3 is 25.6 Å². The van der Waals surface area contributed by atoms with Gasteiger partial charge in [-0.15, -0.1) is 0 Å². The highest BCUT2D eigenvalue weighted by molar-refractivity contribution is 7.54. The lowest BCUT2D eigenvalue weighted by Gasteiger charge is -2.29. The minimum Gasteiger partial charge on any atom is -0.505 e. The van der Waals surface area contributed by atoms with Crippen LogP contribution in [0.1, 0.15) is 37.8 Å². The normalized spacial score (nSPS) is 16.4. The van der Waals surface area contributed by atoms with E-state index in [0.29, 0.717) is 25.1 Å². The number of aromatic nitrogens is 2. The van der Waals surface area contributed by atoms with Crippen molar-refractivity contribution in [1.82, 2.24) is 35.3 Å². The van der Waals surface area contributed by atoms with Crippen LogP contribution in [0.5, 0.6) is 0 Å². The van der Waals surface area contributed by atoms with E-state index in [0.717, 1.165) is 0 Å². The van der Waals surface area contributed by atoms with Crippen molar-refractivity contribution in [2.24, 2.45) is 5.73 Å². The summed E-state index contributed by atoms with van der Waals surface area (Å²) in [6.07, 6.45) is -0.490. The van der Waals surface area contributed by atoms with Gasteiger partial charge in [-0.1, -0.05) is 0 Å². The fraction of sp³-hybridized carbons (Fsp3) is 0.607. The molecule has 1 aromatic heterocycles. The first kappa shape index (κ1) is 41.6. The van der Waals surface area contributed by atoms with Crippen LogP contribution in [0.2, 0.25) is 0 Å². The minimum atomic E-state index is -3.77. The lowest BCUT2D eigenvalue weighted by Crippen LogP contribution is -2.54. The van der Waals surface area contributed by atoms with Crippen LogP contribution in [0.4, 0.5) is 0 Å². The van der Waals surface area contributed by atoms with Crippen molar-refractivity contribution in [2.45, 2.75) is 62.8 Å². The summed E-state index contributed by atoms with van der Waals surface area (Å²) in [5.41, 5.74) is 5.92. The first-order valence-electron chi connectivity index (χ1n) is 15.4. The number of hydrogen-bond acceptors (Lipinski definition) is 14. The number of carbonyl (C=O) groups is 6. The van der Waals surface area contributed by atoms with Gasteiger partial charge in [-0.05, 0) is 54.0 Å². The van der Waals surface area contributed by atoms with Crippen LogP contribution in [0.3, 0.4) is 0 Å². The molecule has 1 aliphatic heterocycles. The number of esters is 2. The number of ether oxygens (including phenoxy) is 2. The number of aliphatic hydroxyl groups is 2. The molecule has 0 radical (unpaired) electrons. The molecule has 280 valence electrons. The predicted octanol–water partition coefficient (Wildman–Crippen LogP) is -2.12. The van der Waals surface area contributed by atoms with E-state index in [1.807, 2.05) is 0 Å². The van der Waals surface area contributed by atoms with Crippen LogP contribution in [0, 0.1) is 0 Å². The molecule has 2 heterocycles. The van der Waals surface area contributed by atoms with E-state index in [-0.39, 0.29) is 12.8 Å². The number of carboxylic acid groups (broad SMARTS) is 1. The van der Waals surface area contributed by atoms with Gasteiger partial charge in [0.1, 0.15) is 24.8 Å². The van der Waals surface area contributed by atoms with Gasteiger partial charge < -0.3 is 56.0 Å². The van der Waals surface area contributed by atoms with Crippen molar-refractivity contribution < 1.29 is 62.6 Å². The summed E-state index contributed by atoms with van der Waals surface area (Å²) in [7, 11) is 1.93. The standard InChI is InChI=1S/C28H45N8O13P/c1-35(2)50(46,36(3)4)49-25-23(41)24(48-28(25)45)19(37)14-47-22(40)9-8-20(38)31-13-21(39)33-18(11-16-12-30-15-32-16)26(42)34-17(27(43)44)7-5-6-10-29/h12,15,17-19,24,37,41H,5-11,13-14,29H2,1-4H3,(H,30,32)(H,31,38)(H,33,39)(H,34,42)(H,43,44). The Kier molecular flexibility index (Phi) is 16.3. The highest BCUT2D eigenvalue weighted by atomic mass is 31.2. The van der Waals surface area contributed by atoms with Crippen LogP contribution in [-0.4, -0.2) is 142 Å². The number of amides is 3. The van der Waals surface area contributed by atoms with E-state index >= 15 is 0 Å². The molecule has 0 spiro atoms. The quantitative estimate of drug-likeness (QED) is 0.0359. The summed E-state index contributed by atoms with van der Waals surface area (Å²) in [6.45, 7) is -0.988. The molecule has 0 bridgehead atoms. The van der Waals surface area contributed by atoms with E-state index < -0.39 is 105 Å². The molecule has 0 saturated carbocycles. The number of aliphatic hydroxyl groups excluding tert-OH is 2. The zero-order valence-electron chi connectivity index (χ0n) is 28.1. The summed E-state index contributed by atoms with van der Waals surface area (Å²) in [6, 6.07) is -2.44. The third-order valence-electron chi connectivity index (χ3n) is 7.10. The van der Waals surface area contributed by atoms with Gasteiger partial charge in [0, 0.05) is 24.7 Å². The number of hydrogen-bond donors (Lipinski definition) is 8. The summed E-state index contributed by atoms with van der Waals surface area (Å²) >= 11 is 0. The van der Waals surface area contributed by atoms with Crippen LogP contribution < -0.4 is 21.7 Å². The van der Waals surface area contributed by atoms with Gasteiger partial charge in [-0.3, -0.25) is 19.2 Å². The maximum Gasteiger partial charge on any atom is 0.395 e. The third kappa shape index (κ3) is 12.4. The molecular weight excluding hydrogens is 687 g/mol. The molecule has 1 aromatic rings. The van der Waals surface area contributed by atoms with Crippen LogP contribution >= 0.6 is 7.67 Å². The van der Waals surface area contributed by atoms with Crippen LogP contribution in [0.25, 0.3) is 0 Å². The molecule has 4 unspecified atom stereocenters. The Morgan fingerprint density at radius 3 is 2.34 bits per heavy atom. The Hall–Kier alpha value is -4.56.